The molecule has 0 amide bonds. The van der Waals surface area contributed by atoms with E-state index in [-0.39, 0.29) is 0 Å². The average molecular weight is 372 g/mol. The van der Waals surface area contributed by atoms with Crippen LogP contribution in [0.5, 0.6) is 5.75 Å². The van der Waals surface area contributed by atoms with Crippen LogP contribution in [0.4, 0.5) is 5.69 Å². The first-order valence-corrected chi connectivity index (χ1v) is 9.15. The van der Waals surface area contributed by atoms with Crippen LogP contribution in [0, 0.1) is 0 Å². The van der Waals surface area contributed by atoms with E-state index in [9.17, 15) is 0 Å². The van der Waals surface area contributed by atoms with Gasteiger partial charge in [0.05, 0.1) is 20.3 Å². The second-order valence-electron chi connectivity index (χ2n) is 6.32. The maximum atomic E-state index is 5.98. The number of anilines is 1. The molecule has 0 saturated carbocycles. The lowest BCUT2D eigenvalue weighted by molar-refractivity contribution is 0.122. The van der Waals surface area contributed by atoms with Gasteiger partial charge in [-0.25, -0.2) is 0 Å². The van der Waals surface area contributed by atoms with Crippen LogP contribution >= 0.6 is 12.2 Å². The Kier molecular flexibility index (Phi) is 6.30. The summed E-state index contributed by atoms with van der Waals surface area (Å²) in [5.41, 5.74) is 9.50. The first kappa shape index (κ1) is 18.5. The minimum absolute atomic E-state index is 0.393. The molecule has 0 atom stereocenters. The number of hydrogen-bond donors (Lipinski definition) is 1. The van der Waals surface area contributed by atoms with E-state index in [1.807, 2.05) is 23.1 Å². The van der Waals surface area contributed by atoms with Crippen molar-refractivity contribution in [1.29, 1.82) is 0 Å². The molecule has 0 unspecified atom stereocenters. The van der Waals surface area contributed by atoms with Crippen molar-refractivity contribution in [1.82, 2.24) is 4.90 Å². The molecule has 1 heterocycles. The molecule has 26 heavy (non-hydrogen) atoms. The SMILES string of the molecule is COc1cccc(CN(Cc2cccc(N3CCOCC3)c2)C(N)=S)c1. The minimum Gasteiger partial charge on any atom is -0.497 e. The Morgan fingerprint density at radius 3 is 2.42 bits per heavy atom. The fraction of sp³-hybridized carbons (Fsp3) is 0.350. The van der Waals surface area contributed by atoms with Gasteiger partial charge in [-0.2, -0.15) is 0 Å². The van der Waals surface area contributed by atoms with E-state index in [0.717, 1.165) is 37.6 Å². The number of benzene rings is 2. The normalized spacial score (nSPS) is 14.1. The largest absolute Gasteiger partial charge is 0.497 e. The van der Waals surface area contributed by atoms with Crippen molar-refractivity contribution in [3.8, 4) is 5.75 Å². The molecule has 2 aromatic rings. The quantitative estimate of drug-likeness (QED) is 0.788. The van der Waals surface area contributed by atoms with Gasteiger partial charge in [0.1, 0.15) is 5.75 Å². The summed E-state index contributed by atoms with van der Waals surface area (Å²) in [5.74, 6) is 0.833. The fourth-order valence-corrected chi connectivity index (χ4v) is 3.23. The third-order valence-electron chi connectivity index (χ3n) is 4.48. The predicted molar refractivity (Wildman–Crippen MR) is 109 cm³/mol. The zero-order chi connectivity index (χ0) is 18.4. The minimum atomic E-state index is 0.393. The highest BCUT2D eigenvalue weighted by Gasteiger charge is 2.13. The summed E-state index contributed by atoms with van der Waals surface area (Å²) in [6, 6.07) is 16.5. The van der Waals surface area contributed by atoms with E-state index in [0.29, 0.717) is 18.2 Å². The van der Waals surface area contributed by atoms with Gasteiger partial charge in [-0.15, -0.1) is 0 Å². The van der Waals surface area contributed by atoms with E-state index in [4.69, 9.17) is 27.4 Å². The molecule has 0 aromatic heterocycles. The van der Waals surface area contributed by atoms with Crippen molar-refractivity contribution < 1.29 is 9.47 Å². The number of ether oxygens (including phenoxy) is 2. The Balaban J connectivity index is 1.72. The van der Waals surface area contributed by atoms with Crippen LogP contribution in [0.25, 0.3) is 0 Å². The van der Waals surface area contributed by atoms with E-state index in [2.05, 4.69) is 35.2 Å². The number of morpholine rings is 1. The van der Waals surface area contributed by atoms with Crippen LogP contribution in [0.3, 0.4) is 0 Å². The summed E-state index contributed by atoms with van der Waals surface area (Å²) in [5, 5.41) is 0.393. The van der Waals surface area contributed by atoms with E-state index in [1.54, 1.807) is 7.11 Å². The van der Waals surface area contributed by atoms with Gasteiger partial charge in [-0.1, -0.05) is 24.3 Å². The van der Waals surface area contributed by atoms with Gasteiger partial charge < -0.3 is 25.0 Å². The molecule has 2 aromatic carbocycles. The summed E-state index contributed by atoms with van der Waals surface area (Å²) < 4.78 is 10.7. The van der Waals surface area contributed by atoms with Gasteiger partial charge in [-0.05, 0) is 47.6 Å². The zero-order valence-electron chi connectivity index (χ0n) is 15.1. The Morgan fingerprint density at radius 2 is 1.77 bits per heavy atom. The van der Waals surface area contributed by atoms with Crippen LogP contribution in [0.2, 0.25) is 0 Å². The molecule has 0 aliphatic carbocycles. The molecule has 5 nitrogen and oxygen atoms in total. The monoisotopic (exact) mass is 371 g/mol. The van der Waals surface area contributed by atoms with Gasteiger partial charge in [0.15, 0.2) is 5.11 Å². The maximum absolute atomic E-state index is 5.98. The van der Waals surface area contributed by atoms with Crippen LogP contribution in [-0.2, 0) is 17.8 Å². The molecule has 1 aliphatic heterocycles. The molecule has 2 N–H and O–H groups in total. The van der Waals surface area contributed by atoms with Crippen LogP contribution < -0.4 is 15.4 Å². The summed E-state index contributed by atoms with van der Waals surface area (Å²) in [6.07, 6.45) is 0. The molecular formula is C20H25N3O2S. The summed E-state index contributed by atoms with van der Waals surface area (Å²) in [7, 11) is 1.67. The first-order chi connectivity index (χ1) is 12.7. The van der Waals surface area contributed by atoms with Crippen molar-refractivity contribution in [3.63, 3.8) is 0 Å². The van der Waals surface area contributed by atoms with E-state index < -0.39 is 0 Å². The molecule has 138 valence electrons. The van der Waals surface area contributed by atoms with Crippen LogP contribution in [0.15, 0.2) is 48.5 Å². The third-order valence-corrected chi connectivity index (χ3v) is 4.74. The van der Waals surface area contributed by atoms with Crippen molar-refractivity contribution in [2.24, 2.45) is 5.73 Å². The Labute approximate surface area is 160 Å². The molecule has 1 aliphatic rings. The molecule has 3 rings (SSSR count). The summed E-state index contributed by atoms with van der Waals surface area (Å²) in [6.45, 7) is 4.72. The highest BCUT2D eigenvalue weighted by Crippen LogP contribution is 2.20. The highest BCUT2D eigenvalue weighted by molar-refractivity contribution is 7.80. The zero-order valence-corrected chi connectivity index (χ0v) is 15.9. The molecule has 0 spiro atoms. The topological polar surface area (TPSA) is 51.0 Å². The van der Waals surface area contributed by atoms with E-state index >= 15 is 0 Å². The van der Waals surface area contributed by atoms with Gasteiger partial charge in [0.25, 0.3) is 0 Å². The Bertz CT molecular complexity index is 747. The third kappa shape index (κ3) is 4.86. The Morgan fingerprint density at radius 1 is 1.12 bits per heavy atom. The van der Waals surface area contributed by atoms with Crippen molar-refractivity contribution in [2.45, 2.75) is 13.1 Å². The fourth-order valence-electron chi connectivity index (χ4n) is 3.10. The molecule has 1 saturated heterocycles. The summed E-state index contributed by atoms with van der Waals surface area (Å²) >= 11 is 5.28. The van der Waals surface area contributed by atoms with Crippen molar-refractivity contribution in [3.05, 3.63) is 59.7 Å². The lowest BCUT2D eigenvalue weighted by Gasteiger charge is -2.29. The first-order valence-electron chi connectivity index (χ1n) is 8.74. The van der Waals surface area contributed by atoms with Gasteiger partial charge in [0, 0.05) is 31.9 Å². The lowest BCUT2D eigenvalue weighted by Crippen LogP contribution is -2.36. The van der Waals surface area contributed by atoms with Gasteiger partial charge in [0.2, 0.25) is 0 Å². The second kappa shape index (κ2) is 8.87. The summed E-state index contributed by atoms with van der Waals surface area (Å²) in [4.78, 5) is 4.35. The number of thiocarbonyl (C=S) groups is 1. The molecule has 0 radical (unpaired) electrons. The number of rotatable bonds is 6. The standard InChI is InChI=1S/C20H25N3O2S/c1-24-19-7-3-5-17(13-19)15-23(20(21)26)14-16-4-2-6-18(12-16)22-8-10-25-11-9-22/h2-7,12-13H,8-11,14-15H2,1H3,(H2,21,26). The number of hydrogen-bond acceptors (Lipinski definition) is 4. The molecule has 1 fully saturated rings. The van der Waals surface area contributed by atoms with Crippen LogP contribution in [0.1, 0.15) is 11.1 Å². The average Bonchev–Trinajstić information content (AvgIpc) is 2.68. The molecular weight excluding hydrogens is 346 g/mol. The predicted octanol–water partition coefficient (Wildman–Crippen LogP) is 2.78. The number of nitrogens with two attached hydrogens (primary N) is 1. The molecule has 0 bridgehead atoms. The van der Waals surface area contributed by atoms with Crippen LogP contribution in [-0.4, -0.2) is 43.4 Å². The number of nitrogens with zero attached hydrogens (tertiary/aromatic N) is 2. The van der Waals surface area contributed by atoms with E-state index in [1.165, 1.54) is 11.3 Å². The van der Waals surface area contributed by atoms with Gasteiger partial charge in [-0.3, -0.25) is 0 Å². The molecule has 6 heteroatoms. The Hall–Kier alpha value is -2.31. The lowest BCUT2D eigenvalue weighted by atomic mass is 10.1. The van der Waals surface area contributed by atoms with Crippen molar-refractivity contribution >= 4 is 23.0 Å². The van der Waals surface area contributed by atoms with Gasteiger partial charge >= 0.3 is 0 Å². The van der Waals surface area contributed by atoms with Crippen molar-refractivity contribution in [2.75, 3.05) is 38.3 Å². The highest BCUT2D eigenvalue weighted by atomic mass is 32.1. The smallest absolute Gasteiger partial charge is 0.166 e. The maximum Gasteiger partial charge on any atom is 0.166 e. The number of methoxy groups -OCH3 is 1. The second-order valence-corrected chi connectivity index (χ2v) is 6.73.